The first kappa shape index (κ1) is 14.4. The highest BCUT2D eigenvalue weighted by atomic mass is 15.3. The molecular weight excluding hydrogens is 232 g/mol. The maximum atomic E-state index is 2.54. The van der Waals surface area contributed by atoms with Gasteiger partial charge in [0.2, 0.25) is 0 Å². The van der Waals surface area contributed by atoms with Gasteiger partial charge in [-0.2, -0.15) is 0 Å². The lowest BCUT2D eigenvalue weighted by Gasteiger charge is -2.36. The van der Waals surface area contributed by atoms with Crippen molar-refractivity contribution >= 4 is 5.69 Å². The summed E-state index contributed by atoms with van der Waals surface area (Å²) < 4.78 is 0. The fourth-order valence-corrected chi connectivity index (χ4v) is 2.98. The van der Waals surface area contributed by atoms with Crippen molar-refractivity contribution in [3.8, 4) is 0 Å². The topological polar surface area (TPSA) is 6.48 Å². The molecule has 1 aliphatic heterocycles. The Balaban J connectivity index is 2.05. The van der Waals surface area contributed by atoms with Crippen LogP contribution in [0, 0.1) is 12.8 Å². The van der Waals surface area contributed by atoms with E-state index < -0.39 is 0 Å². The second kappa shape index (κ2) is 6.42. The standard InChI is InChI=1S/C17H28N2/c1-5-18-8-10-19(11-9-18)17-7-6-16(12-14(2)3)13-15(17)4/h6-7,13-14H,5,8-12H2,1-4H3. The number of hydrogen-bond donors (Lipinski definition) is 0. The molecule has 0 spiro atoms. The van der Waals surface area contributed by atoms with Crippen molar-refractivity contribution in [3.05, 3.63) is 29.3 Å². The third-order valence-corrected chi connectivity index (χ3v) is 4.07. The summed E-state index contributed by atoms with van der Waals surface area (Å²) in [6.45, 7) is 15.0. The van der Waals surface area contributed by atoms with Gasteiger partial charge in [-0.05, 0) is 43.0 Å². The van der Waals surface area contributed by atoms with E-state index in [0.29, 0.717) is 0 Å². The third kappa shape index (κ3) is 3.73. The van der Waals surface area contributed by atoms with E-state index in [0.717, 1.165) is 19.0 Å². The third-order valence-electron chi connectivity index (χ3n) is 4.07. The second-order valence-electron chi connectivity index (χ2n) is 6.14. The zero-order valence-corrected chi connectivity index (χ0v) is 12.9. The van der Waals surface area contributed by atoms with Gasteiger partial charge < -0.3 is 9.80 Å². The van der Waals surface area contributed by atoms with Crippen molar-refractivity contribution in [1.29, 1.82) is 0 Å². The fourth-order valence-electron chi connectivity index (χ4n) is 2.98. The van der Waals surface area contributed by atoms with Gasteiger partial charge in [-0.1, -0.05) is 32.9 Å². The summed E-state index contributed by atoms with van der Waals surface area (Å²) in [5.41, 5.74) is 4.34. The molecule has 1 aromatic carbocycles. The Kier molecular flexibility index (Phi) is 4.87. The van der Waals surface area contributed by atoms with Crippen LogP contribution in [0.3, 0.4) is 0 Å². The lowest BCUT2D eigenvalue weighted by atomic mass is 10.00. The van der Waals surface area contributed by atoms with Gasteiger partial charge in [-0.15, -0.1) is 0 Å². The molecule has 1 saturated heterocycles. The van der Waals surface area contributed by atoms with Gasteiger partial charge in [0, 0.05) is 31.9 Å². The van der Waals surface area contributed by atoms with Crippen LogP contribution in [0.5, 0.6) is 0 Å². The zero-order chi connectivity index (χ0) is 13.8. The van der Waals surface area contributed by atoms with E-state index in [4.69, 9.17) is 0 Å². The quantitative estimate of drug-likeness (QED) is 0.819. The van der Waals surface area contributed by atoms with Crippen LogP contribution in [0.4, 0.5) is 5.69 Å². The van der Waals surface area contributed by atoms with Gasteiger partial charge in [0.05, 0.1) is 0 Å². The average molecular weight is 260 g/mol. The van der Waals surface area contributed by atoms with Crippen molar-refractivity contribution in [3.63, 3.8) is 0 Å². The summed E-state index contributed by atoms with van der Waals surface area (Å²) in [6, 6.07) is 7.02. The summed E-state index contributed by atoms with van der Waals surface area (Å²) in [4.78, 5) is 5.07. The molecule has 0 saturated carbocycles. The van der Waals surface area contributed by atoms with Crippen LogP contribution in [0.25, 0.3) is 0 Å². The molecule has 1 aliphatic rings. The molecule has 0 N–H and O–H groups in total. The van der Waals surface area contributed by atoms with Crippen LogP contribution >= 0.6 is 0 Å². The Morgan fingerprint density at radius 2 is 1.79 bits per heavy atom. The first-order chi connectivity index (χ1) is 9.10. The number of benzene rings is 1. The monoisotopic (exact) mass is 260 g/mol. The van der Waals surface area contributed by atoms with Crippen molar-refractivity contribution in [1.82, 2.24) is 4.90 Å². The SMILES string of the molecule is CCN1CCN(c2ccc(CC(C)C)cc2C)CC1. The molecule has 0 bridgehead atoms. The van der Waals surface area contributed by atoms with Crippen molar-refractivity contribution < 1.29 is 0 Å². The van der Waals surface area contributed by atoms with Crippen LogP contribution in [0.1, 0.15) is 31.9 Å². The Bertz CT molecular complexity index is 404. The molecule has 1 heterocycles. The number of hydrogen-bond acceptors (Lipinski definition) is 2. The van der Waals surface area contributed by atoms with E-state index in [1.165, 1.54) is 42.9 Å². The van der Waals surface area contributed by atoms with Gasteiger partial charge in [0.25, 0.3) is 0 Å². The molecule has 2 rings (SSSR count). The van der Waals surface area contributed by atoms with Crippen molar-refractivity contribution in [2.75, 3.05) is 37.6 Å². The Morgan fingerprint density at radius 3 is 2.32 bits per heavy atom. The minimum Gasteiger partial charge on any atom is -0.369 e. The Morgan fingerprint density at radius 1 is 1.11 bits per heavy atom. The lowest BCUT2D eigenvalue weighted by molar-refractivity contribution is 0.271. The van der Waals surface area contributed by atoms with E-state index in [9.17, 15) is 0 Å². The minimum absolute atomic E-state index is 0.735. The van der Waals surface area contributed by atoms with Gasteiger partial charge in [-0.3, -0.25) is 0 Å². The van der Waals surface area contributed by atoms with E-state index in [1.807, 2.05) is 0 Å². The maximum Gasteiger partial charge on any atom is 0.0397 e. The molecule has 0 aromatic heterocycles. The highest BCUT2D eigenvalue weighted by Crippen LogP contribution is 2.23. The van der Waals surface area contributed by atoms with Crippen LogP contribution in [0.2, 0.25) is 0 Å². The lowest BCUT2D eigenvalue weighted by Crippen LogP contribution is -2.46. The molecule has 2 heteroatoms. The molecule has 0 radical (unpaired) electrons. The fraction of sp³-hybridized carbons (Fsp3) is 0.647. The number of aryl methyl sites for hydroxylation is 1. The molecule has 0 unspecified atom stereocenters. The summed E-state index contributed by atoms with van der Waals surface area (Å²) in [6.07, 6.45) is 1.19. The maximum absolute atomic E-state index is 2.54. The molecule has 1 aromatic rings. The largest absolute Gasteiger partial charge is 0.369 e. The Hall–Kier alpha value is -1.02. The predicted octanol–water partition coefficient (Wildman–Crippen LogP) is 3.34. The van der Waals surface area contributed by atoms with Crippen LogP contribution in [-0.2, 0) is 6.42 Å². The van der Waals surface area contributed by atoms with Crippen molar-refractivity contribution in [2.45, 2.75) is 34.1 Å². The van der Waals surface area contributed by atoms with E-state index in [-0.39, 0.29) is 0 Å². The molecule has 0 atom stereocenters. The minimum atomic E-state index is 0.735. The second-order valence-corrected chi connectivity index (χ2v) is 6.14. The highest BCUT2D eigenvalue weighted by Gasteiger charge is 2.17. The van der Waals surface area contributed by atoms with Crippen LogP contribution < -0.4 is 4.90 Å². The molecule has 1 fully saturated rings. The molecule has 19 heavy (non-hydrogen) atoms. The normalized spacial score (nSPS) is 17.2. The van der Waals surface area contributed by atoms with E-state index in [1.54, 1.807) is 0 Å². The van der Waals surface area contributed by atoms with Gasteiger partial charge in [-0.25, -0.2) is 0 Å². The number of piperazine rings is 1. The predicted molar refractivity (Wildman–Crippen MR) is 84.0 cm³/mol. The molecular formula is C17H28N2. The molecule has 106 valence electrons. The summed E-state index contributed by atoms with van der Waals surface area (Å²) in [5, 5.41) is 0. The first-order valence-corrected chi connectivity index (χ1v) is 7.67. The first-order valence-electron chi connectivity index (χ1n) is 7.67. The number of likely N-dealkylation sites (N-methyl/N-ethyl adjacent to an activating group) is 1. The van der Waals surface area contributed by atoms with Crippen LogP contribution in [0.15, 0.2) is 18.2 Å². The summed E-state index contributed by atoms with van der Waals surface area (Å²) in [7, 11) is 0. The van der Waals surface area contributed by atoms with Gasteiger partial charge in [0.15, 0.2) is 0 Å². The average Bonchev–Trinajstić information content (AvgIpc) is 2.38. The van der Waals surface area contributed by atoms with Crippen molar-refractivity contribution in [2.24, 2.45) is 5.92 Å². The Labute approximate surface area is 118 Å². The smallest absolute Gasteiger partial charge is 0.0397 e. The van der Waals surface area contributed by atoms with Gasteiger partial charge >= 0.3 is 0 Å². The molecule has 0 amide bonds. The number of nitrogens with zero attached hydrogens (tertiary/aromatic N) is 2. The van der Waals surface area contributed by atoms with E-state index >= 15 is 0 Å². The van der Waals surface area contributed by atoms with Crippen LogP contribution in [-0.4, -0.2) is 37.6 Å². The molecule has 2 nitrogen and oxygen atoms in total. The van der Waals surface area contributed by atoms with E-state index in [2.05, 4.69) is 55.7 Å². The van der Waals surface area contributed by atoms with Gasteiger partial charge in [0.1, 0.15) is 0 Å². The number of rotatable bonds is 4. The molecule has 0 aliphatic carbocycles. The number of anilines is 1. The summed E-state index contributed by atoms with van der Waals surface area (Å²) >= 11 is 0. The highest BCUT2D eigenvalue weighted by molar-refractivity contribution is 5.54. The summed E-state index contributed by atoms with van der Waals surface area (Å²) in [5.74, 6) is 0.735. The zero-order valence-electron chi connectivity index (χ0n) is 12.9.